The highest BCUT2D eigenvalue weighted by Crippen LogP contribution is 2.44. The molecule has 0 aliphatic carbocycles. The fourth-order valence-corrected chi connectivity index (χ4v) is 7.02. The molecule has 0 N–H and O–H groups in total. The van der Waals surface area contributed by atoms with Crippen LogP contribution in [-0.2, 0) is 0 Å². The quantitative estimate of drug-likeness (QED) is 0.213. The van der Waals surface area contributed by atoms with E-state index in [0.29, 0.717) is 0 Å². The van der Waals surface area contributed by atoms with Crippen LogP contribution in [0.3, 0.4) is 0 Å². The Morgan fingerprint density at radius 2 is 0.927 bits per heavy atom. The molecule has 0 spiro atoms. The molecule has 2 heterocycles. The molecule has 3 heteroatoms. The van der Waals surface area contributed by atoms with E-state index in [2.05, 4.69) is 161 Å². The van der Waals surface area contributed by atoms with Gasteiger partial charge in [-0.15, -0.1) is 0 Å². The van der Waals surface area contributed by atoms with Crippen molar-refractivity contribution in [1.82, 2.24) is 0 Å². The molecule has 2 aliphatic rings. The van der Waals surface area contributed by atoms with Crippen molar-refractivity contribution < 1.29 is 0 Å². The molecule has 0 saturated heterocycles. The summed E-state index contributed by atoms with van der Waals surface area (Å²) in [6.07, 6.45) is 0. The number of benzene rings is 7. The highest BCUT2D eigenvalue weighted by Gasteiger charge is 2.43. The van der Waals surface area contributed by atoms with Crippen LogP contribution in [0.2, 0.25) is 0 Å². The lowest BCUT2D eigenvalue weighted by atomic mass is 9.33. The van der Waals surface area contributed by atoms with E-state index in [1.807, 2.05) is 0 Å². The molecule has 41 heavy (non-hydrogen) atoms. The molecule has 0 unspecified atom stereocenters. The number of fused-ring (bicyclic) bond motifs is 6. The molecule has 9 rings (SSSR count). The smallest absolute Gasteiger partial charge is 0.252 e. The van der Waals surface area contributed by atoms with Crippen LogP contribution in [0.25, 0.3) is 21.5 Å². The maximum atomic E-state index is 2.49. The standard InChI is InChI=1S/C38H25BN2/c1-2-15-30(16-3-1)40-34-18-9-8-17-32(34)39-33-24-28-13-6-7-14-29(28)25-37(33)41(36-20-10-19-35(40)38(36)39)31-22-21-26-11-4-5-12-27(26)23-31/h1-25H. The Balaban J connectivity index is 1.39. The Kier molecular flexibility index (Phi) is 4.73. The topological polar surface area (TPSA) is 6.48 Å². The van der Waals surface area contributed by atoms with Crippen LogP contribution in [0.5, 0.6) is 0 Å². The van der Waals surface area contributed by atoms with E-state index in [-0.39, 0.29) is 6.71 Å². The fraction of sp³-hybridized carbons (Fsp3) is 0. The van der Waals surface area contributed by atoms with Gasteiger partial charge in [-0.2, -0.15) is 0 Å². The number of hydrogen-bond donors (Lipinski definition) is 0. The predicted molar refractivity (Wildman–Crippen MR) is 175 cm³/mol. The Morgan fingerprint density at radius 1 is 0.341 bits per heavy atom. The number of para-hydroxylation sites is 2. The van der Waals surface area contributed by atoms with Gasteiger partial charge in [-0.1, -0.05) is 103 Å². The van der Waals surface area contributed by atoms with Crippen molar-refractivity contribution >= 4 is 78.8 Å². The fourth-order valence-electron chi connectivity index (χ4n) is 7.02. The van der Waals surface area contributed by atoms with E-state index in [4.69, 9.17) is 0 Å². The van der Waals surface area contributed by atoms with Gasteiger partial charge in [0.15, 0.2) is 0 Å². The summed E-state index contributed by atoms with van der Waals surface area (Å²) in [4.78, 5) is 4.93. The van der Waals surface area contributed by atoms with Crippen LogP contribution in [0.15, 0.2) is 152 Å². The largest absolute Gasteiger partial charge is 0.311 e. The van der Waals surface area contributed by atoms with Crippen LogP contribution in [0.4, 0.5) is 34.1 Å². The van der Waals surface area contributed by atoms with Crippen molar-refractivity contribution in [3.8, 4) is 0 Å². The van der Waals surface area contributed by atoms with Gasteiger partial charge in [0, 0.05) is 34.1 Å². The maximum absolute atomic E-state index is 2.49. The molecule has 0 radical (unpaired) electrons. The van der Waals surface area contributed by atoms with E-state index < -0.39 is 0 Å². The summed E-state index contributed by atoms with van der Waals surface area (Å²) >= 11 is 0. The molecular formula is C38H25BN2. The SMILES string of the molecule is c1ccc(N2c3ccccc3B3c4cc5ccccc5cc4N(c4ccc5ccccc5c4)c4cccc2c43)cc1. The third-order valence-electron chi connectivity index (χ3n) is 8.77. The van der Waals surface area contributed by atoms with Crippen LogP contribution < -0.4 is 26.2 Å². The summed E-state index contributed by atoms with van der Waals surface area (Å²) in [5.41, 5.74) is 11.4. The van der Waals surface area contributed by atoms with Crippen molar-refractivity contribution in [2.24, 2.45) is 0 Å². The molecule has 0 amide bonds. The minimum Gasteiger partial charge on any atom is -0.311 e. The average Bonchev–Trinajstić information content (AvgIpc) is 3.04. The molecule has 2 nitrogen and oxygen atoms in total. The zero-order valence-corrected chi connectivity index (χ0v) is 22.4. The Hall–Kier alpha value is -5.28. The summed E-state index contributed by atoms with van der Waals surface area (Å²) in [6.45, 7) is 0.133. The van der Waals surface area contributed by atoms with Crippen molar-refractivity contribution in [2.75, 3.05) is 9.80 Å². The monoisotopic (exact) mass is 520 g/mol. The summed E-state index contributed by atoms with van der Waals surface area (Å²) in [7, 11) is 0. The number of rotatable bonds is 2. The molecule has 0 atom stereocenters. The van der Waals surface area contributed by atoms with E-state index in [1.54, 1.807) is 0 Å². The van der Waals surface area contributed by atoms with Gasteiger partial charge in [0.25, 0.3) is 6.71 Å². The van der Waals surface area contributed by atoms with Gasteiger partial charge in [0.05, 0.1) is 0 Å². The van der Waals surface area contributed by atoms with Crippen molar-refractivity contribution in [1.29, 1.82) is 0 Å². The number of anilines is 6. The van der Waals surface area contributed by atoms with Gasteiger partial charge in [-0.25, -0.2) is 0 Å². The summed E-state index contributed by atoms with van der Waals surface area (Å²) < 4.78 is 0. The lowest BCUT2D eigenvalue weighted by Crippen LogP contribution is -2.61. The van der Waals surface area contributed by atoms with Crippen LogP contribution in [-0.4, -0.2) is 6.71 Å². The Morgan fingerprint density at radius 3 is 1.71 bits per heavy atom. The predicted octanol–water partition coefficient (Wildman–Crippen LogP) is 8.08. The van der Waals surface area contributed by atoms with E-state index in [9.17, 15) is 0 Å². The summed E-state index contributed by atoms with van der Waals surface area (Å²) in [5.74, 6) is 0. The average molecular weight is 520 g/mol. The maximum Gasteiger partial charge on any atom is 0.252 e. The molecule has 0 fully saturated rings. The number of hydrogen-bond acceptors (Lipinski definition) is 2. The van der Waals surface area contributed by atoms with Crippen molar-refractivity contribution in [3.05, 3.63) is 152 Å². The van der Waals surface area contributed by atoms with Gasteiger partial charge in [-0.05, 0) is 86.5 Å². The first-order chi connectivity index (χ1) is 20.3. The Bertz CT molecular complexity index is 2140. The van der Waals surface area contributed by atoms with E-state index in [0.717, 1.165) is 0 Å². The third-order valence-corrected chi connectivity index (χ3v) is 8.77. The normalized spacial score (nSPS) is 13.2. The second-order valence-electron chi connectivity index (χ2n) is 11.0. The van der Waals surface area contributed by atoms with Gasteiger partial charge in [-0.3, -0.25) is 0 Å². The summed E-state index contributed by atoms with van der Waals surface area (Å²) in [5, 5.41) is 5.03. The van der Waals surface area contributed by atoms with Gasteiger partial charge < -0.3 is 9.80 Å². The zero-order valence-electron chi connectivity index (χ0n) is 22.4. The molecule has 0 aromatic heterocycles. The third kappa shape index (κ3) is 3.26. The van der Waals surface area contributed by atoms with Crippen LogP contribution in [0.1, 0.15) is 0 Å². The molecule has 2 aliphatic heterocycles. The second kappa shape index (κ2) is 8.61. The van der Waals surface area contributed by atoms with Gasteiger partial charge >= 0.3 is 0 Å². The number of nitrogens with zero attached hydrogens (tertiary/aromatic N) is 2. The van der Waals surface area contributed by atoms with E-state index in [1.165, 1.54) is 72.1 Å². The van der Waals surface area contributed by atoms with E-state index >= 15 is 0 Å². The zero-order chi connectivity index (χ0) is 26.9. The highest BCUT2D eigenvalue weighted by atomic mass is 15.2. The summed E-state index contributed by atoms with van der Waals surface area (Å²) in [6, 6.07) is 55.6. The molecule has 0 saturated carbocycles. The first-order valence-corrected chi connectivity index (χ1v) is 14.2. The lowest BCUT2D eigenvalue weighted by molar-refractivity contribution is 1.26. The van der Waals surface area contributed by atoms with Gasteiger partial charge in [0.2, 0.25) is 0 Å². The molecular weight excluding hydrogens is 495 g/mol. The molecule has 7 aromatic carbocycles. The van der Waals surface area contributed by atoms with Gasteiger partial charge in [0.1, 0.15) is 0 Å². The van der Waals surface area contributed by atoms with Crippen molar-refractivity contribution in [2.45, 2.75) is 0 Å². The lowest BCUT2D eigenvalue weighted by Gasteiger charge is -2.44. The first-order valence-electron chi connectivity index (χ1n) is 14.2. The Labute approximate surface area is 239 Å². The minimum absolute atomic E-state index is 0.133. The second-order valence-corrected chi connectivity index (χ2v) is 11.0. The minimum atomic E-state index is 0.133. The molecule has 190 valence electrons. The van der Waals surface area contributed by atoms with Crippen molar-refractivity contribution in [3.63, 3.8) is 0 Å². The van der Waals surface area contributed by atoms with Crippen LogP contribution >= 0.6 is 0 Å². The first kappa shape index (κ1) is 22.5. The molecule has 7 aromatic rings. The van der Waals surface area contributed by atoms with Crippen LogP contribution in [0, 0.1) is 0 Å². The molecule has 0 bridgehead atoms. The highest BCUT2D eigenvalue weighted by molar-refractivity contribution is 7.00.